The average molecular weight is 362 g/mol. The maximum Gasteiger partial charge on any atom is 0.225 e. The highest BCUT2D eigenvalue weighted by atomic mass is 16.3. The number of amides is 1. The lowest BCUT2D eigenvalue weighted by atomic mass is 9.46. The molecule has 0 spiro atoms. The molecule has 0 heterocycles. The van der Waals surface area contributed by atoms with Crippen LogP contribution in [0.25, 0.3) is 0 Å². The van der Waals surface area contributed by atoms with E-state index < -0.39 is 0 Å². The van der Waals surface area contributed by atoms with Gasteiger partial charge in [0.05, 0.1) is 12.2 Å². The van der Waals surface area contributed by atoms with Crippen LogP contribution in [0.3, 0.4) is 0 Å². The molecule has 146 valence electrons. The second-order valence-corrected chi connectivity index (χ2v) is 10.2. The molecular formula is C22H35NO3. The highest BCUT2D eigenvalue weighted by Crippen LogP contribution is 2.66. The quantitative estimate of drug-likeness (QED) is 0.706. The lowest BCUT2D eigenvalue weighted by Crippen LogP contribution is -2.57. The molecular weight excluding hydrogens is 326 g/mol. The minimum atomic E-state index is -0.347. The van der Waals surface area contributed by atoms with Crippen LogP contribution >= 0.6 is 0 Å². The third-order valence-electron chi connectivity index (χ3n) is 8.76. The second-order valence-electron chi connectivity index (χ2n) is 10.2. The summed E-state index contributed by atoms with van der Waals surface area (Å²) < 4.78 is 0. The SMILES string of the molecule is CN(C)C(=O)C1CCC2C3CCC4=CC(O)CCC4(C)C3C(O)CC12C. The molecule has 3 fully saturated rings. The Morgan fingerprint density at radius 3 is 2.58 bits per heavy atom. The first-order valence-electron chi connectivity index (χ1n) is 10.5. The molecule has 0 saturated heterocycles. The molecule has 4 heteroatoms. The maximum atomic E-state index is 12.8. The van der Waals surface area contributed by atoms with Gasteiger partial charge >= 0.3 is 0 Å². The van der Waals surface area contributed by atoms with E-state index in [1.165, 1.54) is 5.57 Å². The molecule has 1 amide bonds. The molecule has 4 aliphatic rings. The van der Waals surface area contributed by atoms with Crippen LogP contribution in [0, 0.1) is 34.5 Å². The van der Waals surface area contributed by atoms with E-state index in [0.29, 0.717) is 11.8 Å². The van der Waals surface area contributed by atoms with Crippen molar-refractivity contribution >= 4 is 5.91 Å². The third-order valence-corrected chi connectivity index (χ3v) is 8.76. The van der Waals surface area contributed by atoms with Crippen LogP contribution in [0.2, 0.25) is 0 Å². The number of fused-ring (bicyclic) bond motifs is 5. The molecule has 0 aromatic heterocycles. The molecule has 26 heavy (non-hydrogen) atoms. The van der Waals surface area contributed by atoms with Crippen molar-refractivity contribution in [2.45, 2.75) is 71.0 Å². The van der Waals surface area contributed by atoms with Gasteiger partial charge < -0.3 is 15.1 Å². The van der Waals surface area contributed by atoms with E-state index >= 15 is 0 Å². The predicted molar refractivity (Wildman–Crippen MR) is 101 cm³/mol. The zero-order valence-electron chi connectivity index (χ0n) is 16.7. The molecule has 8 unspecified atom stereocenters. The van der Waals surface area contributed by atoms with Crippen molar-refractivity contribution in [1.82, 2.24) is 4.90 Å². The third kappa shape index (κ3) is 2.44. The Kier molecular flexibility index (Phi) is 4.31. The lowest BCUT2D eigenvalue weighted by Gasteiger charge is -2.60. The minimum Gasteiger partial charge on any atom is -0.393 e. The minimum absolute atomic E-state index is 0.0204. The maximum absolute atomic E-state index is 12.8. The summed E-state index contributed by atoms with van der Waals surface area (Å²) in [5.41, 5.74) is 1.32. The number of rotatable bonds is 1. The summed E-state index contributed by atoms with van der Waals surface area (Å²) in [6, 6.07) is 0. The van der Waals surface area contributed by atoms with E-state index in [-0.39, 0.29) is 40.8 Å². The van der Waals surface area contributed by atoms with Crippen LogP contribution in [0.5, 0.6) is 0 Å². The number of allylic oxidation sites excluding steroid dienone is 1. The molecule has 4 rings (SSSR count). The fraction of sp³-hybridized carbons (Fsp3) is 0.864. The number of hydrogen-bond donors (Lipinski definition) is 2. The molecule has 2 N–H and O–H groups in total. The standard InChI is InChI=1S/C22H35NO3/c1-21-10-9-14(24)11-13(21)5-6-15-16-7-8-17(20(26)23(3)4)22(16,2)12-18(25)19(15)21/h11,14-19,24-25H,5-10,12H2,1-4H3. The van der Waals surface area contributed by atoms with Gasteiger partial charge in [0.1, 0.15) is 0 Å². The van der Waals surface area contributed by atoms with Crippen molar-refractivity contribution in [1.29, 1.82) is 0 Å². The van der Waals surface area contributed by atoms with Crippen molar-refractivity contribution in [3.63, 3.8) is 0 Å². The van der Waals surface area contributed by atoms with Crippen molar-refractivity contribution < 1.29 is 15.0 Å². The largest absolute Gasteiger partial charge is 0.393 e. The van der Waals surface area contributed by atoms with Gasteiger partial charge in [-0.3, -0.25) is 4.79 Å². The summed E-state index contributed by atoms with van der Waals surface area (Å²) in [7, 11) is 3.71. The molecule has 0 aromatic rings. The lowest BCUT2D eigenvalue weighted by molar-refractivity contribution is -0.151. The van der Waals surface area contributed by atoms with Crippen LogP contribution in [0.1, 0.15) is 58.8 Å². The summed E-state index contributed by atoms with van der Waals surface area (Å²) in [6.45, 7) is 4.60. The van der Waals surface area contributed by atoms with E-state index in [9.17, 15) is 15.0 Å². The number of nitrogens with zero attached hydrogens (tertiary/aromatic N) is 1. The van der Waals surface area contributed by atoms with E-state index in [0.717, 1.165) is 44.9 Å². The first-order valence-corrected chi connectivity index (χ1v) is 10.5. The Morgan fingerprint density at radius 2 is 1.88 bits per heavy atom. The van der Waals surface area contributed by atoms with Crippen molar-refractivity contribution in [2.75, 3.05) is 14.1 Å². The first-order chi connectivity index (χ1) is 12.2. The summed E-state index contributed by atoms with van der Waals surface area (Å²) in [5, 5.41) is 21.4. The van der Waals surface area contributed by atoms with Crippen LogP contribution in [-0.2, 0) is 4.79 Å². The molecule has 0 aliphatic heterocycles. The Labute approximate surface area is 157 Å². The first kappa shape index (κ1) is 18.5. The highest BCUT2D eigenvalue weighted by molar-refractivity contribution is 5.79. The van der Waals surface area contributed by atoms with Crippen molar-refractivity contribution in [3.8, 4) is 0 Å². The van der Waals surface area contributed by atoms with Crippen LogP contribution < -0.4 is 0 Å². The van der Waals surface area contributed by atoms with E-state index in [4.69, 9.17) is 0 Å². The smallest absolute Gasteiger partial charge is 0.225 e. The summed E-state index contributed by atoms with van der Waals surface area (Å²) in [4.78, 5) is 14.5. The zero-order valence-corrected chi connectivity index (χ0v) is 16.7. The van der Waals surface area contributed by atoms with E-state index in [2.05, 4.69) is 19.9 Å². The molecule has 8 atom stereocenters. The summed E-state index contributed by atoms with van der Waals surface area (Å²) in [5.74, 6) is 1.61. The Bertz CT molecular complexity index is 629. The topological polar surface area (TPSA) is 60.8 Å². The van der Waals surface area contributed by atoms with Crippen molar-refractivity contribution in [2.24, 2.45) is 34.5 Å². The normalized spacial score (nSPS) is 50.3. The second kappa shape index (κ2) is 6.07. The number of aliphatic hydroxyl groups excluding tert-OH is 2. The van der Waals surface area contributed by atoms with Crippen LogP contribution in [0.4, 0.5) is 0 Å². The Balaban J connectivity index is 1.68. The molecule has 3 saturated carbocycles. The van der Waals surface area contributed by atoms with Gasteiger partial charge in [0.15, 0.2) is 0 Å². The van der Waals surface area contributed by atoms with Crippen molar-refractivity contribution in [3.05, 3.63) is 11.6 Å². The Morgan fingerprint density at radius 1 is 1.15 bits per heavy atom. The number of hydrogen-bond acceptors (Lipinski definition) is 3. The molecule has 4 nitrogen and oxygen atoms in total. The average Bonchev–Trinajstić information content (AvgIpc) is 2.90. The van der Waals surface area contributed by atoms with Gasteiger partial charge in [0.25, 0.3) is 0 Å². The van der Waals surface area contributed by atoms with Gasteiger partial charge in [-0.15, -0.1) is 0 Å². The summed E-state index contributed by atoms with van der Waals surface area (Å²) in [6.07, 6.45) is 8.16. The summed E-state index contributed by atoms with van der Waals surface area (Å²) >= 11 is 0. The van der Waals surface area contributed by atoms with Gasteiger partial charge in [-0.1, -0.05) is 25.5 Å². The monoisotopic (exact) mass is 361 g/mol. The van der Waals surface area contributed by atoms with Crippen LogP contribution in [-0.4, -0.2) is 47.3 Å². The van der Waals surface area contributed by atoms with Gasteiger partial charge in [0, 0.05) is 20.0 Å². The molecule has 0 radical (unpaired) electrons. The van der Waals surface area contributed by atoms with E-state index in [1.54, 1.807) is 4.90 Å². The van der Waals surface area contributed by atoms with Gasteiger partial charge in [-0.2, -0.15) is 0 Å². The predicted octanol–water partition coefficient (Wildman–Crippen LogP) is 2.99. The Hall–Kier alpha value is -0.870. The number of carbonyl (C=O) groups is 1. The number of carbonyl (C=O) groups excluding carboxylic acids is 1. The van der Waals surface area contributed by atoms with E-state index in [1.807, 2.05) is 14.1 Å². The van der Waals surface area contributed by atoms with Crippen LogP contribution in [0.15, 0.2) is 11.6 Å². The molecule has 0 bridgehead atoms. The fourth-order valence-corrected chi connectivity index (χ4v) is 7.56. The zero-order chi connectivity index (χ0) is 18.9. The highest BCUT2D eigenvalue weighted by Gasteiger charge is 2.63. The van der Waals surface area contributed by atoms with Gasteiger partial charge in [-0.25, -0.2) is 0 Å². The van der Waals surface area contributed by atoms with Gasteiger partial charge in [-0.05, 0) is 73.5 Å². The van der Waals surface area contributed by atoms with Gasteiger partial charge in [0.2, 0.25) is 5.91 Å². The molecule has 0 aromatic carbocycles. The number of aliphatic hydroxyl groups is 2. The molecule has 4 aliphatic carbocycles. The fourth-order valence-electron chi connectivity index (χ4n) is 7.56.